The Bertz CT molecular complexity index is 874. The molecule has 2 heterocycles. The Morgan fingerprint density at radius 1 is 1.10 bits per heavy atom. The van der Waals surface area contributed by atoms with Crippen LogP contribution in [0.2, 0.25) is 6.04 Å². The minimum Gasteiger partial charge on any atom is -0.225 e. The molecule has 2 nitrogen and oxygen atoms in total. The third kappa shape index (κ3) is 1.81. The van der Waals surface area contributed by atoms with Crippen LogP contribution in [0, 0.1) is 6.92 Å². The molecule has 0 unspecified atom stereocenters. The van der Waals surface area contributed by atoms with Gasteiger partial charge in [0.25, 0.3) is 5.82 Å². The highest BCUT2D eigenvalue weighted by Crippen LogP contribution is 2.25. The Morgan fingerprint density at radius 2 is 1.95 bits per heavy atom. The normalized spacial score (nSPS) is 13.6. The number of aryl methyl sites for hydroxylation is 2. The van der Waals surface area contributed by atoms with E-state index in [0.717, 1.165) is 15.6 Å². The van der Waals surface area contributed by atoms with Crippen LogP contribution in [0.5, 0.6) is 0 Å². The predicted molar refractivity (Wildman–Crippen MR) is 88.8 cm³/mol. The summed E-state index contributed by atoms with van der Waals surface area (Å²) in [6.45, 7) is 2.18. The van der Waals surface area contributed by atoms with E-state index in [1.807, 2.05) is 0 Å². The highest BCUT2D eigenvalue weighted by atomic mass is 28.2. The number of para-hydroxylation sites is 1. The van der Waals surface area contributed by atoms with E-state index in [-0.39, 0.29) is 0 Å². The molecule has 0 N–H and O–H groups in total. The standard InChI is InChI=1S/C18H17N2Si/c1-13-7-3-4-8-14(13)18-19(2)15-9-5-10-16-17(15)20(18)11-6-12-21-16/h3-11H,12H2,1-2H3/q+1. The first-order chi connectivity index (χ1) is 10.3. The average Bonchev–Trinajstić information content (AvgIpc) is 2.66. The van der Waals surface area contributed by atoms with Gasteiger partial charge in [-0.15, -0.1) is 0 Å². The fourth-order valence-corrected chi connectivity index (χ4v) is 4.26. The fraction of sp³-hybridized carbons (Fsp3) is 0.167. The van der Waals surface area contributed by atoms with Gasteiger partial charge in [-0.25, -0.2) is 4.57 Å². The monoisotopic (exact) mass is 289 g/mol. The lowest BCUT2D eigenvalue weighted by Gasteiger charge is -2.03. The van der Waals surface area contributed by atoms with Crippen molar-refractivity contribution in [3.05, 3.63) is 54.1 Å². The van der Waals surface area contributed by atoms with Crippen molar-refractivity contribution in [3.8, 4) is 11.4 Å². The number of benzene rings is 2. The van der Waals surface area contributed by atoms with Gasteiger partial charge in [0.05, 0.1) is 28.3 Å². The topological polar surface area (TPSA) is 8.81 Å². The molecule has 21 heavy (non-hydrogen) atoms. The van der Waals surface area contributed by atoms with Crippen molar-refractivity contribution in [2.45, 2.75) is 13.0 Å². The quantitative estimate of drug-likeness (QED) is 0.481. The van der Waals surface area contributed by atoms with Crippen LogP contribution >= 0.6 is 0 Å². The van der Waals surface area contributed by atoms with Gasteiger partial charge in [0.1, 0.15) is 0 Å². The Hall–Kier alpha value is -2.13. The molecule has 1 aliphatic rings. The Labute approximate surface area is 127 Å². The number of allylic oxidation sites excluding steroid dienone is 1. The van der Waals surface area contributed by atoms with Gasteiger partial charge in [0.2, 0.25) is 0 Å². The lowest BCUT2D eigenvalue weighted by molar-refractivity contribution is -0.526. The van der Waals surface area contributed by atoms with Crippen molar-refractivity contribution in [2.75, 3.05) is 0 Å². The fourth-order valence-electron chi connectivity index (χ4n) is 3.19. The average molecular weight is 289 g/mol. The highest BCUT2D eigenvalue weighted by molar-refractivity contribution is 6.57. The van der Waals surface area contributed by atoms with Gasteiger partial charge < -0.3 is 0 Å². The molecule has 0 aliphatic carbocycles. The first-order valence-corrected chi connectivity index (χ1v) is 8.47. The molecule has 3 heteroatoms. The molecule has 0 atom stereocenters. The molecule has 0 saturated heterocycles. The first kappa shape index (κ1) is 12.6. The van der Waals surface area contributed by atoms with Gasteiger partial charge in [-0.05, 0) is 41.9 Å². The van der Waals surface area contributed by atoms with Crippen LogP contribution in [0.25, 0.3) is 28.6 Å². The summed E-state index contributed by atoms with van der Waals surface area (Å²) in [7, 11) is 3.02. The number of imidazole rings is 1. The third-order valence-electron chi connectivity index (χ3n) is 4.21. The Balaban J connectivity index is 2.17. The lowest BCUT2D eigenvalue weighted by Crippen LogP contribution is -2.32. The van der Waals surface area contributed by atoms with Crippen LogP contribution in [-0.4, -0.2) is 14.1 Å². The van der Waals surface area contributed by atoms with Gasteiger partial charge in [0, 0.05) is 0 Å². The van der Waals surface area contributed by atoms with Gasteiger partial charge in [-0.3, -0.25) is 0 Å². The second-order valence-electron chi connectivity index (χ2n) is 5.51. The summed E-state index contributed by atoms with van der Waals surface area (Å²) >= 11 is 0. The zero-order valence-corrected chi connectivity index (χ0v) is 13.3. The molecule has 2 aromatic carbocycles. The van der Waals surface area contributed by atoms with Crippen LogP contribution in [0.15, 0.2) is 48.5 Å². The van der Waals surface area contributed by atoms with Crippen LogP contribution in [0.4, 0.5) is 0 Å². The Morgan fingerprint density at radius 3 is 2.81 bits per heavy atom. The summed E-state index contributed by atoms with van der Waals surface area (Å²) in [4.78, 5) is 0. The van der Waals surface area contributed by atoms with Gasteiger partial charge in [0.15, 0.2) is 11.0 Å². The van der Waals surface area contributed by atoms with Gasteiger partial charge >= 0.3 is 0 Å². The molecule has 0 fully saturated rings. The molecular formula is C18H17N2Si+. The molecule has 0 saturated carbocycles. The molecule has 102 valence electrons. The number of rotatable bonds is 1. The number of nitrogens with zero attached hydrogens (tertiary/aromatic N) is 2. The molecule has 4 rings (SSSR count). The van der Waals surface area contributed by atoms with Crippen molar-refractivity contribution in [3.63, 3.8) is 0 Å². The van der Waals surface area contributed by atoms with Crippen LogP contribution in [0.1, 0.15) is 5.56 Å². The summed E-state index contributed by atoms with van der Waals surface area (Å²) in [5, 5.41) is 1.47. The van der Waals surface area contributed by atoms with Crippen molar-refractivity contribution >= 4 is 31.9 Å². The molecule has 1 aromatic heterocycles. The molecule has 0 bridgehead atoms. The van der Waals surface area contributed by atoms with E-state index in [9.17, 15) is 0 Å². The van der Waals surface area contributed by atoms with Crippen LogP contribution in [-0.2, 0) is 7.05 Å². The summed E-state index contributed by atoms with van der Waals surface area (Å²) in [6, 6.07) is 16.4. The van der Waals surface area contributed by atoms with Crippen LogP contribution in [0.3, 0.4) is 0 Å². The number of aromatic nitrogens is 2. The third-order valence-corrected chi connectivity index (χ3v) is 5.44. The van der Waals surface area contributed by atoms with E-state index >= 15 is 0 Å². The minimum atomic E-state index is 0.854. The maximum absolute atomic E-state index is 2.37. The SMILES string of the molecule is Cc1ccccc1-c1n(C)c2cccc3c2[n+]1C=CC[Si]3. The highest BCUT2D eigenvalue weighted by Gasteiger charge is 2.26. The van der Waals surface area contributed by atoms with E-state index < -0.39 is 0 Å². The van der Waals surface area contributed by atoms with E-state index in [1.165, 1.54) is 33.2 Å². The molecule has 0 spiro atoms. The smallest absolute Gasteiger partial charge is 0.225 e. The molecule has 3 aromatic rings. The van der Waals surface area contributed by atoms with Crippen molar-refractivity contribution in [1.82, 2.24) is 4.57 Å². The summed E-state index contributed by atoms with van der Waals surface area (Å²) in [5.74, 6) is 1.26. The van der Waals surface area contributed by atoms with Gasteiger partial charge in [-0.1, -0.05) is 30.3 Å². The summed E-state index contributed by atoms with van der Waals surface area (Å²) < 4.78 is 4.69. The van der Waals surface area contributed by atoms with E-state index in [0.29, 0.717) is 0 Å². The van der Waals surface area contributed by atoms with E-state index in [4.69, 9.17) is 0 Å². The maximum Gasteiger partial charge on any atom is 0.294 e. The second kappa shape index (κ2) is 4.71. The summed E-state index contributed by atoms with van der Waals surface area (Å²) in [6.07, 6.45) is 4.53. The van der Waals surface area contributed by atoms with Crippen molar-refractivity contribution in [2.24, 2.45) is 7.05 Å². The predicted octanol–water partition coefficient (Wildman–Crippen LogP) is 2.67. The zero-order valence-electron chi connectivity index (χ0n) is 12.3. The molecule has 2 radical (unpaired) electrons. The van der Waals surface area contributed by atoms with E-state index in [2.05, 4.69) is 77.8 Å². The second-order valence-corrected chi connectivity index (χ2v) is 6.81. The van der Waals surface area contributed by atoms with E-state index in [1.54, 1.807) is 0 Å². The molecule has 0 amide bonds. The van der Waals surface area contributed by atoms with Crippen LogP contribution < -0.4 is 9.75 Å². The Kier molecular flexibility index (Phi) is 2.82. The number of hydrogen-bond acceptors (Lipinski definition) is 0. The summed E-state index contributed by atoms with van der Waals surface area (Å²) in [5.41, 5.74) is 5.29. The van der Waals surface area contributed by atoms with Crippen molar-refractivity contribution in [1.29, 1.82) is 0 Å². The largest absolute Gasteiger partial charge is 0.294 e. The lowest BCUT2D eigenvalue weighted by atomic mass is 10.1. The molecular weight excluding hydrogens is 272 g/mol. The maximum atomic E-state index is 2.37. The number of hydrogen-bond donors (Lipinski definition) is 0. The minimum absolute atomic E-state index is 0.854. The zero-order chi connectivity index (χ0) is 14.4. The first-order valence-electron chi connectivity index (χ1n) is 7.27. The molecule has 1 aliphatic heterocycles. The van der Waals surface area contributed by atoms with Crippen molar-refractivity contribution < 1.29 is 4.57 Å². The van der Waals surface area contributed by atoms with Gasteiger partial charge in [-0.2, -0.15) is 4.57 Å².